The van der Waals surface area contributed by atoms with E-state index in [0.29, 0.717) is 44.6 Å². The molecular weight excluding hydrogens is 425 g/mol. The smallest absolute Gasteiger partial charge is 0.421 e. The summed E-state index contributed by atoms with van der Waals surface area (Å²) in [7, 11) is 1.29. The molecule has 1 aromatic heterocycles. The van der Waals surface area contributed by atoms with Crippen LogP contribution in [0.4, 0.5) is 39.4 Å². The number of nitrogens with one attached hydrogen (secondary N) is 2. The minimum absolute atomic E-state index is 0.0680. The molecule has 0 spiro atoms. The van der Waals surface area contributed by atoms with Crippen molar-refractivity contribution in [2.75, 3.05) is 57.3 Å². The number of rotatable bonds is 8. The Hall–Kier alpha value is -2.73. The van der Waals surface area contributed by atoms with E-state index in [1.807, 2.05) is 4.90 Å². The van der Waals surface area contributed by atoms with Crippen LogP contribution in [0, 0.1) is 5.82 Å². The normalized spacial score (nSPS) is 15.0. The van der Waals surface area contributed by atoms with Crippen LogP contribution in [0.15, 0.2) is 18.3 Å². The summed E-state index contributed by atoms with van der Waals surface area (Å²) in [4.78, 5) is 9.46. The first-order valence-corrected chi connectivity index (χ1v) is 9.52. The van der Waals surface area contributed by atoms with E-state index < -0.39 is 30.0 Å². The number of ether oxygens (including phenoxy) is 2. The lowest BCUT2D eigenvalue weighted by Gasteiger charge is -2.27. The molecule has 1 aromatic carbocycles. The van der Waals surface area contributed by atoms with Gasteiger partial charge in [-0.3, -0.25) is 4.90 Å². The van der Waals surface area contributed by atoms with E-state index in [2.05, 4.69) is 20.6 Å². The van der Waals surface area contributed by atoms with Crippen molar-refractivity contribution in [2.45, 2.75) is 12.7 Å². The van der Waals surface area contributed by atoms with Crippen molar-refractivity contribution >= 4 is 17.5 Å². The van der Waals surface area contributed by atoms with Crippen LogP contribution >= 0.6 is 0 Å². The number of anilines is 3. The van der Waals surface area contributed by atoms with Gasteiger partial charge in [-0.05, 0) is 6.07 Å². The van der Waals surface area contributed by atoms with Crippen molar-refractivity contribution < 1.29 is 31.4 Å². The van der Waals surface area contributed by atoms with Crippen molar-refractivity contribution in [1.29, 1.82) is 0 Å². The molecule has 12 heteroatoms. The molecule has 0 unspecified atom stereocenters. The van der Waals surface area contributed by atoms with Crippen LogP contribution in [0.5, 0.6) is 5.75 Å². The number of hydrogen-bond acceptors (Lipinski definition) is 7. The van der Waals surface area contributed by atoms with Gasteiger partial charge in [0.05, 0.1) is 18.9 Å². The van der Waals surface area contributed by atoms with E-state index in [9.17, 15) is 22.0 Å². The number of benzene rings is 1. The zero-order chi connectivity index (χ0) is 22.4. The minimum Gasteiger partial charge on any atom is -0.489 e. The average Bonchev–Trinajstić information content (AvgIpc) is 2.74. The highest BCUT2D eigenvalue weighted by Crippen LogP contribution is 2.35. The standard InChI is InChI=1S/C19H22F5N5O2/c1-25-17-13(19(22,23)24)10-26-18(28-17)27-15-9-14(21)12(8-16(15)31-5-2-20)11-29-3-6-30-7-4-29/h8-10H,2-7,11H2,1H3,(H2,25,26,27,28). The monoisotopic (exact) mass is 447 g/mol. The van der Waals surface area contributed by atoms with Gasteiger partial charge in [0.2, 0.25) is 5.95 Å². The Labute approximate surface area is 175 Å². The lowest BCUT2D eigenvalue weighted by atomic mass is 10.1. The van der Waals surface area contributed by atoms with Gasteiger partial charge in [-0.1, -0.05) is 0 Å². The van der Waals surface area contributed by atoms with Crippen LogP contribution in [-0.4, -0.2) is 61.5 Å². The molecular formula is C19H22F5N5O2. The first-order valence-electron chi connectivity index (χ1n) is 9.52. The average molecular weight is 447 g/mol. The summed E-state index contributed by atoms with van der Waals surface area (Å²) in [5.74, 6) is -1.07. The highest BCUT2D eigenvalue weighted by molar-refractivity contribution is 5.65. The van der Waals surface area contributed by atoms with Gasteiger partial charge in [-0.2, -0.15) is 18.2 Å². The summed E-state index contributed by atoms with van der Waals surface area (Å²) >= 11 is 0. The molecule has 7 nitrogen and oxygen atoms in total. The molecule has 31 heavy (non-hydrogen) atoms. The quantitative estimate of drug-likeness (QED) is 0.600. The molecule has 1 saturated heterocycles. The van der Waals surface area contributed by atoms with Crippen molar-refractivity contribution in [3.63, 3.8) is 0 Å². The van der Waals surface area contributed by atoms with Gasteiger partial charge in [0, 0.05) is 44.5 Å². The van der Waals surface area contributed by atoms with Crippen molar-refractivity contribution in [3.8, 4) is 5.75 Å². The molecule has 3 rings (SSSR count). The number of morpholine rings is 1. The Balaban J connectivity index is 1.88. The van der Waals surface area contributed by atoms with Gasteiger partial charge in [0.1, 0.15) is 36.2 Å². The molecule has 2 N–H and O–H groups in total. The molecule has 0 radical (unpaired) electrons. The zero-order valence-electron chi connectivity index (χ0n) is 16.7. The predicted molar refractivity (Wildman–Crippen MR) is 104 cm³/mol. The van der Waals surface area contributed by atoms with E-state index in [1.54, 1.807) is 0 Å². The molecule has 0 saturated carbocycles. The molecule has 1 aliphatic rings. The van der Waals surface area contributed by atoms with Crippen LogP contribution in [0.1, 0.15) is 11.1 Å². The summed E-state index contributed by atoms with van der Waals surface area (Å²) in [5, 5.41) is 5.02. The Morgan fingerprint density at radius 1 is 1.23 bits per heavy atom. The summed E-state index contributed by atoms with van der Waals surface area (Å²) in [5.41, 5.74) is -0.634. The van der Waals surface area contributed by atoms with E-state index in [-0.39, 0.29) is 24.0 Å². The number of aromatic nitrogens is 2. The maximum Gasteiger partial charge on any atom is 0.421 e. The first kappa shape index (κ1) is 22.9. The second-order valence-corrected chi connectivity index (χ2v) is 6.69. The Bertz CT molecular complexity index is 891. The lowest BCUT2D eigenvalue weighted by molar-refractivity contribution is -0.137. The van der Waals surface area contributed by atoms with Gasteiger partial charge in [-0.25, -0.2) is 13.8 Å². The number of alkyl halides is 4. The van der Waals surface area contributed by atoms with Crippen LogP contribution in [0.2, 0.25) is 0 Å². The minimum atomic E-state index is -4.64. The number of hydrogen-bond donors (Lipinski definition) is 2. The van der Waals surface area contributed by atoms with E-state index in [0.717, 1.165) is 6.07 Å². The number of halogens is 5. The zero-order valence-corrected chi connectivity index (χ0v) is 16.7. The Kier molecular flexibility index (Phi) is 7.44. The third kappa shape index (κ3) is 5.91. The lowest BCUT2D eigenvalue weighted by Crippen LogP contribution is -2.35. The van der Waals surface area contributed by atoms with Crippen LogP contribution in [0.25, 0.3) is 0 Å². The Morgan fingerprint density at radius 3 is 2.61 bits per heavy atom. The topological polar surface area (TPSA) is 71.5 Å². The summed E-state index contributed by atoms with van der Waals surface area (Å²) < 4.78 is 77.2. The van der Waals surface area contributed by atoms with Gasteiger partial charge < -0.3 is 20.1 Å². The molecule has 0 aliphatic carbocycles. The van der Waals surface area contributed by atoms with Gasteiger partial charge in [0.15, 0.2) is 0 Å². The Morgan fingerprint density at radius 2 is 1.97 bits per heavy atom. The molecule has 170 valence electrons. The summed E-state index contributed by atoms with van der Waals surface area (Å²) in [6, 6.07) is 2.56. The fraction of sp³-hybridized carbons (Fsp3) is 0.474. The number of nitrogens with zero attached hydrogens (tertiary/aromatic N) is 3. The third-order valence-corrected chi connectivity index (χ3v) is 4.56. The van der Waals surface area contributed by atoms with Crippen LogP contribution in [0.3, 0.4) is 0 Å². The highest BCUT2D eigenvalue weighted by atomic mass is 19.4. The molecule has 1 fully saturated rings. The SMILES string of the molecule is CNc1nc(Nc2cc(F)c(CN3CCOCC3)cc2OCCF)ncc1C(F)(F)F. The summed E-state index contributed by atoms with van der Waals surface area (Å²) in [6.45, 7) is 1.65. The van der Waals surface area contributed by atoms with E-state index in [4.69, 9.17) is 9.47 Å². The first-order chi connectivity index (χ1) is 14.8. The molecule has 2 heterocycles. The maximum atomic E-state index is 14.7. The fourth-order valence-corrected chi connectivity index (χ4v) is 3.04. The molecule has 1 aliphatic heterocycles. The van der Waals surface area contributed by atoms with Crippen LogP contribution < -0.4 is 15.4 Å². The van der Waals surface area contributed by atoms with Crippen molar-refractivity contribution in [3.05, 3.63) is 35.3 Å². The highest BCUT2D eigenvalue weighted by Gasteiger charge is 2.35. The molecule has 2 aromatic rings. The molecule has 0 amide bonds. The summed E-state index contributed by atoms with van der Waals surface area (Å²) in [6.07, 6.45) is -4.02. The largest absolute Gasteiger partial charge is 0.489 e. The maximum absolute atomic E-state index is 14.7. The van der Waals surface area contributed by atoms with Gasteiger partial charge in [-0.15, -0.1) is 0 Å². The van der Waals surface area contributed by atoms with Crippen molar-refractivity contribution in [1.82, 2.24) is 14.9 Å². The second kappa shape index (κ2) is 10.1. The van der Waals surface area contributed by atoms with E-state index >= 15 is 0 Å². The predicted octanol–water partition coefficient (Wildman–Crippen LogP) is 3.60. The molecule has 0 bridgehead atoms. The van der Waals surface area contributed by atoms with Crippen LogP contribution in [-0.2, 0) is 17.5 Å². The fourth-order valence-electron chi connectivity index (χ4n) is 3.04. The molecule has 0 atom stereocenters. The second-order valence-electron chi connectivity index (χ2n) is 6.69. The van der Waals surface area contributed by atoms with Gasteiger partial charge in [0.25, 0.3) is 0 Å². The van der Waals surface area contributed by atoms with E-state index in [1.165, 1.54) is 13.1 Å². The third-order valence-electron chi connectivity index (χ3n) is 4.56. The van der Waals surface area contributed by atoms with Gasteiger partial charge >= 0.3 is 6.18 Å². The van der Waals surface area contributed by atoms with Crippen molar-refractivity contribution in [2.24, 2.45) is 0 Å².